The molecule has 0 spiro atoms. The number of hydrogen-bond acceptors (Lipinski definition) is 4. The van der Waals surface area contributed by atoms with Crippen molar-refractivity contribution in [3.63, 3.8) is 0 Å². The van der Waals surface area contributed by atoms with Gasteiger partial charge in [-0.05, 0) is 13.3 Å². The van der Waals surface area contributed by atoms with Crippen molar-refractivity contribution in [3.05, 3.63) is 11.4 Å². The Labute approximate surface area is 110 Å². The summed E-state index contributed by atoms with van der Waals surface area (Å²) in [4.78, 5) is 8.87. The van der Waals surface area contributed by atoms with Gasteiger partial charge in [-0.25, -0.2) is 9.97 Å². The predicted octanol–water partition coefficient (Wildman–Crippen LogP) is 3.48. The van der Waals surface area contributed by atoms with E-state index in [4.69, 9.17) is 5.73 Å². The predicted molar refractivity (Wildman–Crippen MR) is 77.9 cm³/mol. The maximum atomic E-state index is 5.92. The van der Waals surface area contributed by atoms with Crippen LogP contribution in [0.15, 0.2) is 0 Å². The molecule has 102 valence electrons. The van der Waals surface area contributed by atoms with Crippen LogP contribution in [0.1, 0.15) is 63.8 Å². The van der Waals surface area contributed by atoms with Crippen molar-refractivity contribution < 1.29 is 0 Å². The Morgan fingerprint density at radius 2 is 1.89 bits per heavy atom. The summed E-state index contributed by atoms with van der Waals surface area (Å²) in [6.45, 7) is 9.30. The van der Waals surface area contributed by atoms with Gasteiger partial charge in [0.1, 0.15) is 17.5 Å². The van der Waals surface area contributed by atoms with Gasteiger partial charge in [0.05, 0.1) is 0 Å². The molecule has 1 heterocycles. The van der Waals surface area contributed by atoms with E-state index in [0.717, 1.165) is 23.8 Å². The molecule has 0 aliphatic carbocycles. The summed E-state index contributed by atoms with van der Waals surface area (Å²) in [7, 11) is 0. The molecule has 4 nitrogen and oxygen atoms in total. The van der Waals surface area contributed by atoms with E-state index in [0.29, 0.717) is 11.7 Å². The first kappa shape index (κ1) is 14.7. The van der Waals surface area contributed by atoms with Crippen LogP contribution in [-0.4, -0.2) is 16.5 Å². The molecule has 0 aliphatic heterocycles. The van der Waals surface area contributed by atoms with Crippen molar-refractivity contribution in [2.75, 3.05) is 17.6 Å². The maximum absolute atomic E-state index is 5.92. The quantitative estimate of drug-likeness (QED) is 0.727. The molecule has 0 unspecified atom stereocenters. The van der Waals surface area contributed by atoms with Gasteiger partial charge in [-0.1, -0.05) is 40.0 Å². The highest BCUT2D eigenvalue weighted by molar-refractivity contribution is 5.54. The highest BCUT2D eigenvalue weighted by Gasteiger charge is 2.10. The molecule has 0 saturated carbocycles. The van der Waals surface area contributed by atoms with Gasteiger partial charge in [0.15, 0.2) is 0 Å². The number of anilines is 2. The number of hydrogen-bond donors (Lipinski definition) is 2. The first-order valence-electron chi connectivity index (χ1n) is 6.94. The third kappa shape index (κ3) is 4.17. The number of nitrogens with one attached hydrogen (secondary N) is 1. The topological polar surface area (TPSA) is 63.8 Å². The van der Waals surface area contributed by atoms with E-state index in [1.807, 2.05) is 6.92 Å². The Balaban J connectivity index is 2.63. The second kappa shape index (κ2) is 7.19. The Hall–Kier alpha value is -1.32. The lowest BCUT2D eigenvalue weighted by atomic mass is 10.2. The van der Waals surface area contributed by atoms with Crippen LogP contribution in [0.2, 0.25) is 0 Å². The molecule has 4 heteroatoms. The molecule has 0 atom stereocenters. The van der Waals surface area contributed by atoms with Crippen molar-refractivity contribution in [2.24, 2.45) is 0 Å². The Morgan fingerprint density at radius 3 is 2.50 bits per heavy atom. The maximum Gasteiger partial charge on any atom is 0.135 e. The molecule has 0 fully saturated rings. The molecule has 0 radical (unpaired) electrons. The molecule has 0 amide bonds. The number of unbranched alkanes of at least 4 members (excludes halogenated alkanes) is 3. The number of nitrogens with two attached hydrogens (primary N) is 1. The van der Waals surface area contributed by atoms with E-state index >= 15 is 0 Å². The van der Waals surface area contributed by atoms with Crippen LogP contribution >= 0.6 is 0 Å². The zero-order chi connectivity index (χ0) is 13.5. The summed E-state index contributed by atoms with van der Waals surface area (Å²) >= 11 is 0. The van der Waals surface area contributed by atoms with Gasteiger partial charge in [-0.2, -0.15) is 0 Å². The van der Waals surface area contributed by atoms with E-state index in [-0.39, 0.29) is 0 Å². The van der Waals surface area contributed by atoms with Crippen molar-refractivity contribution in [1.82, 2.24) is 9.97 Å². The molecule has 0 bridgehead atoms. The van der Waals surface area contributed by atoms with Crippen LogP contribution in [0.25, 0.3) is 0 Å². The van der Waals surface area contributed by atoms with Crippen molar-refractivity contribution in [1.29, 1.82) is 0 Å². The van der Waals surface area contributed by atoms with Gasteiger partial charge >= 0.3 is 0 Å². The Bertz CT molecular complexity index is 374. The summed E-state index contributed by atoms with van der Waals surface area (Å²) < 4.78 is 0. The van der Waals surface area contributed by atoms with Crippen LogP contribution < -0.4 is 11.1 Å². The highest BCUT2D eigenvalue weighted by Crippen LogP contribution is 2.20. The van der Waals surface area contributed by atoms with Crippen LogP contribution in [0, 0.1) is 6.92 Å². The lowest BCUT2D eigenvalue weighted by Gasteiger charge is -2.13. The fraction of sp³-hybridized carbons (Fsp3) is 0.714. The highest BCUT2D eigenvalue weighted by atomic mass is 15.1. The first-order chi connectivity index (χ1) is 8.56. The second-order valence-electron chi connectivity index (χ2n) is 5.08. The summed E-state index contributed by atoms with van der Waals surface area (Å²) in [6.07, 6.45) is 5.00. The van der Waals surface area contributed by atoms with Crippen molar-refractivity contribution in [2.45, 2.75) is 59.3 Å². The smallest absolute Gasteiger partial charge is 0.135 e. The van der Waals surface area contributed by atoms with Gasteiger partial charge in [0.2, 0.25) is 0 Å². The van der Waals surface area contributed by atoms with Crippen molar-refractivity contribution >= 4 is 11.6 Å². The van der Waals surface area contributed by atoms with Gasteiger partial charge in [-0.3, -0.25) is 0 Å². The number of rotatable bonds is 7. The Morgan fingerprint density at radius 1 is 1.17 bits per heavy atom. The van der Waals surface area contributed by atoms with Crippen LogP contribution in [-0.2, 0) is 0 Å². The normalized spacial score (nSPS) is 10.9. The number of nitrogens with zero attached hydrogens (tertiary/aromatic N) is 2. The monoisotopic (exact) mass is 250 g/mol. The van der Waals surface area contributed by atoms with E-state index < -0.39 is 0 Å². The van der Waals surface area contributed by atoms with E-state index in [1.54, 1.807) is 0 Å². The molecule has 1 aromatic rings. The SMILES string of the molecule is CCCCCCNc1nc(C(C)C)nc(N)c1C. The minimum Gasteiger partial charge on any atom is -0.383 e. The minimum atomic E-state index is 0.300. The zero-order valence-electron chi connectivity index (χ0n) is 12.1. The third-order valence-electron chi connectivity index (χ3n) is 3.04. The molecule has 1 rings (SSSR count). The summed E-state index contributed by atoms with van der Waals surface area (Å²) in [5.74, 6) is 2.59. The summed E-state index contributed by atoms with van der Waals surface area (Å²) in [6, 6.07) is 0. The van der Waals surface area contributed by atoms with Gasteiger partial charge in [-0.15, -0.1) is 0 Å². The molecular weight excluding hydrogens is 224 g/mol. The van der Waals surface area contributed by atoms with Crippen LogP contribution in [0.4, 0.5) is 11.6 Å². The van der Waals surface area contributed by atoms with Crippen LogP contribution in [0.3, 0.4) is 0 Å². The lowest BCUT2D eigenvalue weighted by Crippen LogP contribution is -2.11. The fourth-order valence-corrected chi connectivity index (χ4v) is 1.74. The molecule has 0 aliphatic rings. The molecular formula is C14H26N4. The van der Waals surface area contributed by atoms with Gasteiger partial charge < -0.3 is 11.1 Å². The zero-order valence-corrected chi connectivity index (χ0v) is 12.1. The van der Waals surface area contributed by atoms with Gasteiger partial charge in [0, 0.05) is 18.0 Å². The molecule has 0 saturated heterocycles. The molecule has 1 aromatic heterocycles. The van der Waals surface area contributed by atoms with Crippen molar-refractivity contribution in [3.8, 4) is 0 Å². The second-order valence-corrected chi connectivity index (χ2v) is 5.08. The van der Waals surface area contributed by atoms with E-state index in [2.05, 4.69) is 36.1 Å². The third-order valence-corrected chi connectivity index (χ3v) is 3.04. The van der Waals surface area contributed by atoms with E-state index in [1.165, 1.54) is 25.7 Å². The standard InChI is InChI=1S/C14H26N4/c1-5-6-7-8-9-16-14-11(4)12(15)17-13(18-14)10(2)3/h10H,5-9H2,1-4H3,(H3,15,16,17,18). The average Bonchev–Trinajstić information content (AvgIpc) is 2.33. The minimum absolute atomic E-state index is 0.300. The molecule has 3 N–H and O–H groups in total. The van der Waals surface area contributed by atoms with E-state index in [9.17, 15) is 0 Å². The number of aromatic nitrogens is 2. The van der Waals surface area contributed by atoms with Gasteiger partial charge in [0.25, 0.3) is 0 Å². The largest absolute Gasteiger partial charge is 0.383 e. The van der Waals surface area contributed by atoms with Crippen LogP contribution in [0.5, 0.6) is 0 Å². The molecule has 0 aromatic carbocycles. The average molecular weight is 250 g/mol. The summed E-state index contributed by atoms with van der Waals surface area (Å²) in [5.41, 5.74) is 6.87. The summed E-state index contributed by atoms with van der Waals surface area (Å²) in [5, 5.41) is 3.38. The fourth-order valence-electron chi connectivity index (χ4n) is 1.74. The Kier molecular flexibility index (Phi) is 5.89. The lowest BCUT2D eigenvalue weighted by molar-refractivity contribution is 0.683. The number of nitrogen functional groups attached to an aromatic ring is 1. The first-order valence-corrected chi connectivity index (χ1v) is 6.94. The molecule has 18 heavy (non-hydrogen) atoms.